The molecule has 1 aliphatic heterocycles. The van der Waals surface area contributed by atoms with Gasteiger partial charge in [-0.2, -0.15) is 0 Å². The maximum Gasteiger partial charge on any atom is 0.167 e. The Morgan fingerprint density at radius 1 is 1.29 bits per heavy atom. The molecule has 0 amide bonds. The first-order valence-electron chi connectivity index (χ1n) is 6.98. The highest BCUT2D eigenvalue weighted by molar-refractivity contribution is 9.10. The Morgan fingerprint density at radius 3 is 2.95 bits per heavy atom. The molecule has 0 radical (unpaired) electrons. The van der Waals surface area contributed by atoms with Gasteiger partial charge in [-0.25, -0.2) is 4.39 Å². The zero-order valence-electron chi connectivity index (χ0n) is 11.5. The Bertz CT molecular complexity index is 699. The summed E-state index contributed by atoms with van der Waals surface area (Å²) in [7, 11) is 0. The van der Waals surface area contributed by atoms with Crippen LogP contribution in [0.2, 0.25) is 0 Å². The maximum absolute atomic E-state index is 13.2. The number of benzene rings is 2. The van der Waals surface area contributed by atoms with Crippen LogP contribution in [0.4, 0.5) is 10.1 Å². The van der Waals surface area contributed by atoms with E-state index in [0.29, 0.717) is 4.47 Å². The number of anilines is 1. The van der Waals surface area contributed by atoms with Gasteiger partial charge in [0.2, 0.25) is 0 Å². The fourth-order valence-corrected chi connectivity index (χ4v) is 3.13. The molecule has 0 fully saturated rings. The predicted molar refractivity (Wildman–Crippen MR) is 85.4 cm³/mol. The molecule has 2 aromatic rings. The number of nitrogens with one attached hydrogen (secondary N) is 1. The second-order valence-electron chi connectivity index (χ2n) is 5.21. The molecule has 4 heteroatoms. The molecule has 2 nitrogen and oxygen atoms in total. The molecule has 0 aromatic heterocycles. The van der Waals surface area contributed by atoms with Crippen LogP contribution < -0.4 is 5.32 Å². The van der Waals surface area contributed by atoms with Crippen molar-refractivity contribution < 1.29 is 9.18 Å². The van der Waals surface area contributed by atoms with Crippen LogP contribution in [0.15, 0.2) is 40.9 Å². The van der Waals surface area contributed by atoms with Gasteiger partial charge in [0.1, 0.15) is 5.82 Å². The quantitative estimate of drug-likeness (QED) is 0.835. The molecule has 0 unspecified atom stereocenters. The number of fused-ring (bicyclic) bond motifs is 1. The third-order valence-electron chi connectivity index (χ3n) is 3.74. The first-order chi connectivity index (χ1) is 10.1. The molecule has 21 heavy (non-hydrogen) atoms. The fraction of sp³-hybridized carbons (Fsp3) is 0.235. The predicted octanol–water partition coefficient (Wildman–Crippen LogP) is 4.37. The van der Waals surface area contributed by atoms with E-state index in [1.807, 2.05) is 18.2 Å². The van der Waals surface area contributed by atoms with Crippen molar-refractivity contribution >= 4 is 27.4 Å². The van der Waals surface area contributed by atoms with Gasteiger partial charge in [-0.3, -0.25) is 4.79 Å². The number of halogens is 2. The number of Topliss-reactive ketones (excluding diaryl/α,β-unsaturated/α-hetero) is 1. The topological polar surface area (TPSA) is 29.1 Å². The molecular formula is C17H15BrFNO. The smallest absolute Gasteiger partial charge is 0.167 e. The molecule has 0 bridgehead atoms. The summed E-state index contributed by atoms with van der Waals surface area (Å²) in [6.45, 7) is 0.954. The number of carbonyl (C=O) groups excluding carboxylic acids is 1. The lowest BCUT2D eigenvalue weighted by atomic mass is 9.93. The molecule has 1 aliphatic rings. The van der Waals surface area contributed by atoms with Crippen molar-refractivity contribution in [2.45, 2.75) is 19.3 Å². The number of hydrogen-bond acceptors (Lipinski definition) is 2. The Hall–Kier alpha value is -1.68. The van der Waals surface area contributed by atoms with Gasteiger partial charge in [-0.05, 0) is 58.1 Å². The molecule has 2 aromatic carbocycles. The molecule has 108 valence electrons. The van der Waals surface area contributed by atoms with Crippen LogP contribution in [-0.2, 0) is 12.8 Å². The number of hydrogen-bond donors (Lipinski definition) is 1. The van der Waals surface area contributed by atoms with Crippen LogP contribution in [0.3, 0.4) is 0 Å². The standard InChI is InChI=1S/C17H15BrFNO/c18-14-9-11(6-7-15(14)19)10-17(21)13-3-1-5-16-12(13)4-2-8-20-16/h1,3,5-7,9,20H,2,4,8,10H2. The molecule has 3 rings (SSSR count). The number of ketones is 1. The monoisotopic (exact) mass is 347 g/mol. The van der Waals surface area contributed by atoms with Gasteiger partial charge >= 0.3 is 0 Å². The van der Waals surface area contributed by atoms with E-state index in [9.17, 15) is 9.18 Å². The van der Waals surface area contributed by atoms with Gasteiger partial charge < -0.3 is 5.32 Å². The highest BCUT2D eigenvalue weighted by Crippen LogP contribution is 2.26. The molecule has 0 aliphatic carbocycles. The molecule has 1 N–H and O–H groups in total. The van der Waals surface area contributed by atoms with Crippen LogP contribution in [0.1, 0.15) is 27.9 Å². The minimum absolute atomic E-state index is 0.0778. The SMILES string of the molecule is O=C(Cc1ccc(F)c(Br)c1)c1cccc2c1CCCN2. The molecular weight excluding hydrogens is 333 g/mol. The summed E-state index contributed by atoms with van der Waals surface area (Å²) in [4.78, 5) is 12.5. The molecule has 0 atom stereocenters. The summed E-state index contributed by atoms with van der Waals surface area (Å²) in [6.07, 6.45) is 2.26. The first kappa shape index (κ1) is 14.3. The maximum atomic E-state index is 13.2. The van der Waals surface area contributed by atoms with Gasteiger partial charge in [0.05, 0.1) is 4.47 Å². The minimum atomic E-state index is -0.313. The second kappa shape index (κ2) is 5.98. The van der Waals surface area contributed by atoms with Crippen molar-refractivity contribution in [3.8, 4) is 0 Å². The Morgan fingerprint density at radius 2 is 2.14 bits per heavy atom. The van der Waals surface area contributed by atoms with Crippen LogP contribution in [0, 0.1) is 5.82 Å². The van der Waals surface area contributed by atoms with Crippen molar-refractivity contribution in [3.05, 3.63) is 63.4 Å². The van der Waals surface area contributed by atoms with E-state index >= 15 is 0 Å². The summed E-state index contributed by atoms with van der Waals surface area (Å²) in [5.74, 6) is -0.235. The van der Waals surface area contributed by atoms with E-state index in [0.717, 1.165) is 41.8 Å². The lowest BCUT2D eigenvalue weighted by Gasteiger charge is -2.20. The Kier molecular flexibility index (Phi) is 4.06. The van der Waals surface area contributed by atoms with Gasteiger partial charge in [-0.15, -0.1) is 0 Å². The Labute approximate surface area is 131 Å². The van der Waals surface area contributed by atoms with Crippen LogP contribution in [0.25, 0.3) is 0 Å². The van der Waals surface area contributed by atoms with E-state index in [4.69, 9.17) is 0 Å². The highest BCUT2D eigenvalue weighted by Gasteiger charge is 2.17. The summed E-state index contributed by atoms with van der Waals surface area (Å²) >= 11 is 3.16. The minimum Gasteiger partial charge on any atom is -0.385 e. The van der Waals surface area contributed by atoms with E-state index < -0.39 is 0 Å². The normalized spacial score (nSPS) is 13.4. The van der Waals surface area contributed by atoms with Gasteiger partial charge in [0.25, 0.3) is 0 Å². The van der Waals surface area contributed by atoms with E-state index in [2.05, 4.69) is 21.2 Å². The van der Waals surface area contributed by atoms with Crippen LogP contribution in [-0.4, -0.2) is 12.3 Å². The largest absolute Gasteiger partial charge is 0.385 e. The van der Waals surface area contributed by atoms with Crippen molar-refractivity contribution in [2.24, 2.45) is 0 Å². The molecule has 1 heterocycles. The van der Waals surface area contributed by atoms with Crippen molar-refractivity contribution in [1.29, 1.82) is 0 Å². The van der Waals surface area contributed by atoms with Gasteiger partial charge in [-0.1, -0.05) is 18.2 Å². The average molecular weight is 348 g/mol. The van der Waals surface area contributed by atoms with Crippen LogP contribution >= 0.6 is 15.9 Å². The van der Waals surface area contributed by atoms with Crippen molar-refractivity contribution in [1.82, 2.24) is 0 Å². The zero-order chi connectivity index (χ0) is 14.8. The highest BCUT2D eigenvalue weighted by atomic mass is 79.9. The molecule has 0 saturated heterocycles. The van der Waals surface area contributed by atoms with E-state index in [-0.39, 0.29) is 18.0 Å². The Balaban J connectivity index is 1.87. The second-order valence-corrected chi connectivity index (χ2v) is 6.06. The van der Waals surface area contributed by atoms with Gasteiger partial charge in [0.15, 0.2) is 5.78 Å². The average Bonchev–Trinajstić information content (AvgIpc) is 2.50. The van der Waals surface area contributed by atoms with Crippen molar-refractivity contribution in [3.63, 3.8) is 0 Å². The number of carbonyl (C=O) groups is 1. The van der Waals surface area contributed by atoms with Crippen molar-refractivity contribution in [2.75, 3.05) is 11.9 Å². The fourth-order valence-electron chi connectivity index (χ4n) is 2.70. The summed E-state index contributed by atoms with van der Waals surface area (Å²) in [6, 6.07) is 10.5. The first-order valence-corrected chi connectivity index (χ1v) is 7.77. The molecule has 0 spiro atoms. The molecule has 0 saturated carbocycles. The van der Waals surface area contributed by atoms with E-state index in [1.54, 1.807) is 12.1 Å². The third-order valence-corrected chi connectivity index (χ3v) is 4.35. The lowest BCUT2D eigenvalue weighted by molar-refractivity contribution is 0.0992. The number of rotatable bonds is 3. The summed E-state index contributed by atoms with van der Waals surface area (Å²) in [5, 5.41) is 3.33. The van der Waals surface area contributed by atoms with Crippen LogP contribution in [0.5, 0.6) is 0 Å². The van der Waals surface area contributed by atoms with E-state index in [1.165, 1.54) is 6.07 Å². The lowest BCUT2D eigenvalue weighted by Crippen LogP contribution is -2.16. The van der Waals surface area contributed by atoms with Gasteiger partial charge in [0, 0.05) is 24.2 Å². The summed E-state index contributed by atoms with van der Waals surface area (Å²) in [5.41, 5.74) is 3.76. The third kappa shape index (κ3) is 3.00. The zero-order valence-corrected chi connectivity index (χ0v) is 13.0. The summed E-state index contributed by atoms with van der Waals surface area (Å²) < 4.78 is 13.6.